The van der Waals surface area contributed by atoms with Crippen molar-refractivity contribution in [1.29, 1.82) is 0 Å². The molecule has 0 fully saturated rings. The molecule has 0 spiro atoms. The van der Waals surface area contributed by atoms with Crippen molar-refractivity contribution in [3.63, 3.8) is 0 Å². The van der Waals surface area contributed by atoms with E-state index in [-0.39, 0.29) is 0 Å². The molecule has 0 aromatic carbocycles. The van der Waals surface area contributed by atoms with Gasteiger partial charge in [-0.3, -0.25) is 4.79 Å². The lowest BCUT2D eigenvalue weighted by Gasteiger charge is -2.31. The zero-order valence-electron chi connectivity index (χ0n) is 11.8. The molecule has 0 aromatic rings. The lowest BCUT2D eigenvalue weighted by Crippen LogP contribution is -2.59. The molecule has 5 nitrogen and oxygen atoms in total. The van der Waals surface area contributed by atoms with E-state index in [0.717, 1.165) is 0 Å². The number of ether oxygens (including phenoxy) is 1. The number of rotatable bonds is 3. The quantitative estimate of drug-likeness (QED) is 0.724. The Morgan fingerprint density at radius 2 is 1.41 bits per heavy atom. The molecular formula is C12H24N2O3. The van der Waals surface area contributed by atoms with E-state index in [2.05, 4.69) is 5.32 Å². The van der Waals surface area contributed by atoms with Crippen LogP contribution in [0.4, 0.5) is 0 Å². The molecule has 0 bridgehead atoms. The van der Waals surface area contributed by atoms with Crippen molar-refractivity contribution in [1.82, 2.24) is 5.32 Å². The lowest BCUT2D eigenvalue weighted by atomic mass is 10.0. The molecule has 5 heteroatoms. The largest absolute Gasteiger partial charge is 0.458 e. The van der Waals surface area contributed by atoms with Gasteiger partial charge in [0.1, 0.15) is 11.1 Å². The molecule has 0 radical (unpaired) electrons. The Kier molecular flexibility index (Phi) is 4.34. The van der Waals surface area contributed by atoms with Gasteiger partial charge in [-0.2, -0.15) is 0 Å². The van der Waals surface area contributed by atoms with Crippen LogP contribution in [-0.2, 0) is 14.3 Å². The topological polar surface area (TPSA) is 81.4 Å². The summed E-state index contributed by atoms with van der Waals surface area (Å²) in [7, 11) is 0. The Morgan fingerprint density at radius 1 is 1.00 bits per heavy atom. The molecule has 0 aromatic heterocycles. The highest BCUT2D eigenvalue weighted by atomic mass is 16.6. The second-order valence-corrected chi connectivity index (χ2v) is 6.30. The summed E-state index contributed by atoms with van der Waals surface area (Å²) < 4.78 is 5.22. The van der Waals surface area contributed by atoms with Crippen LogP contribution in [0.3, 0.4) is 0 Å². The minimum absolute atomic E-state index is 0.395. The van der Waals surface area contributed by atoms with Gasteiger partial charge in [-0.15, -0.1) is 0 Å². The highest BCUT2D eigenvalue weighted by Gasteiger charge is 2.36. The van der Waals surface area contributed by atoms with Crippen molar-refractivity contribution < 1.29 is 14.3 Å². The summed E-state index contributed by atoms with van der Waals surface area (Å²) in [5.41, 5.74) is 2.94. The van der Waals surface area contributed by atoms with E-state index in [0.29, 0.717) is 0 Å². The Morgan fingerprint density at radius 3 is 1.71 bits per heavy atom. The van der Waals surface area contributed by atoms with Crippen molar-refractivity contribution in [3.8, 4) is 0 Å². The van der Waals surface area contributed by atoms with Crippen LogP contribution in [-0.4, -0.2) is 28.6 Å². The average Bonchev–Trinajstić information content (AvgIpc) is 1.97. The summed E-state index contributed by atoms with van der Waals surface area (Å²) >= 11 is 0. The Bertz CT molecular complexity index is 309. The SMILES string of the molecule is CC(C)(C)OC(=O)C(C)(C)NC(=O)C(C)(C)N. The van der Waals surface area contributed by atoms with Gasteiger partial charge in [0.25, 0.3) is 0 Å². The fraction of sp³-hybridized carbons (Fsp3) is 0.833. The van der Waals surface area contributed by atoms with E-state index in [9.17, 15) is 9.59 Å². The van der Waals surface area contributed by atoms with Crippen LogP contribution in [0.2, 0.25) is 0 Å². The van der Waals surface area contributed by atoms with Gasteiger partial charge in [-0.05, 0) is 48.5 Å². The third kappa shape index (κ3) is 5.68. The van der Waals surface area contributed by atoms with Crippen LogP contribution < -0.4 is 11.1 Å². The minimum atomic E-state index is -1.10. The number of carbonyl (C=O) groups is 2. The van der Waals surface area contributed by atoms with Crippen molar-refractivity contribution in [2.45, 2.75) is 65.1 Å². The Labute approximate surface area is 103 Å². The highest BCUT2D eigenvalue weighted by molar-refractivity contribution is 5.91. The lowest BCUT2D eigenvalue weighted by molar-refractivity contribution is -0.163. The third-order valence-corrected chi connectivity index (χ3v) is 1.92. The fourth-order valence-corrected chi connectivity index (χ4v) is 0.902. The highest BCUT2D eigenvalue weighted by Crippen LogP contribution is 2.14. The standard InChI is InChI=1S/C12H24N2O3/c1-10(2,3)17-9(16)12(6,7)14-8(15)11(4,5)13/h13H2,1-7H3,(H,14,15). The van der Waals surface area contributed by atoms with Gasteiger partial charge in [-0.1, -0.05) is 0 Å². The summed E-state index contributed by atoms with van der Waals surface area (Å²) in [5.74, 6) is -0.879. The van der Waals surface area contributed by atoms with Crippen LogP contribution in [0.5, 0.6) is 0 Å². The van der Waals surface area contributed by atoms with E-state index in [1.165, 1.54) is 0 Å². The number of hydrogen-bond acceptors (Lipinski definition) is 4. The Balaban J connectivity index is 4.70. The molecule has 3 N–H and O–H groups in total. The van der Waals surface area contributed by atoms with E-state index in [1.54, 1.807) is 48.5 Å². The van der Waals surface area contributed by atoms with Crippen molar-refractivity contribution >= 4 is 11.9 Å². The third-order valence-electron chi connectivity index (χ3n) is 1.92. The first-order chi connectivity index (χ1) is 7.26. The fourth-order valence-electron chi connectivity index (χ4n) is 0.902. The average molecular weight is 244 g/mol. The van der Waals surface area contributed by atoms with Gasteiger partial charge in [0.2, 0.25) is 5.91 Å². The number of esters is 1. The van der Waals surface area contributed by atoms with Crippen molar-refractivity contribution in [2.75, 3.05) is 0 Å². The predicted molar refractivity (Wildman–Crippen MR) is 66.3 cm³/mol. The molecule has 0 rings (SSSR count). The maximum Gasteiger partial charge on any atom is 0.331 e. The van der Waals surface area contributed by atoms with Crippen LogP contribution in [0.25, 0.3) is 0 Å². The molecule has 0 aliphatic rings. The number of nitrogens with two attached hydrogens (primary N) is 1. The normalized spacial score (nSPS) is 13.2. The predicted octanol–water partition coefficient (Wildman–Crippen LogP) is 0.960. The van der Waals surface area contributed by atoms with Crippen LogP contribution in [0.1, 0.15) is 48.5 Å². The first-order valence-corrected chi connectivity index (χ1v) is 5.61. The van der Waals surface area contributed by atoms with Gasteiger partial charge in [-0.25, -0.2) is 4.79 Å². The second-order valence-electron chi connectivity index (χ2n) is 6.30. The van der Waals surface area contributed by atoms with Crippen LogP contribution >= 0.6 is 0 Å². The first kappa shape index (κ1) is 15.9. The van der Waals surface area contributed by atoms with Gasteiger partial charge in [0.15, 0.2) is 0 Å². The number of hydrogen-bond donors (Lipinski definition) is 2. The number of nitrogens with one attached hydrogen (secondary N) is 1. The molecule has 0 aliphatic heterocycles. The van der Waals surface area contributed by atoms with Gasteiger partial charge in [0.05, 0.1) is 5.54 Å². The van der Waals surface area contributed by atoms with E-state index < -0.39 is 28.6 Å². The monoisotopic (exact) mass is 244 g/mol. The zero-order valence-corrected chi connectivity index (χ0v) is 11.8. The zero-order chi connectivity index (χ0) is 14.1. The summed E-state index contributed by atoms with van der Waals surface area (Å²) in [6.45, 7) is 11.7. The minimum Gasteiger partial charge on any atom is -0.458 e. The van der Waals surface area contributed by atoms with Gasteiger partial charge < -0.3 is 15.8 Å². The smallest absolute Gasteiger partial charge is 0.331 e. The number of carbonyl (C=O) groups excluding carboxylic acids is 2. The van der Waals surface area contributed by atoms with E-state index in [4.69, 9.17) is 10.5 Å². The molecule has 17 heavy (non-hydrogen) atoms. The van der Waals surface area contributed by atoms with Gasteiger partial charge in [0, 0.05) is 0 Å². The molecule has 0 unspecified atom stereocenters. The summed E-state index contributed by atoms with van der Waals surface area (Å²) in [6, 6.07) is 0. The summed E-state index contributed by atoms with van der Waals surface area (Å²) in [6.07, 6.45) is 0. The second kappa shape index (κ2) is 4.64. The number of amides is 1. The van der Waals surface area contributed by atoms with Crippen LogP contribution in [0.15, 0.2) is 0 Å². The Hall–Kier alpha value is -1.10. The van der Waals surface area contributed by atoms with E-state index in [1.807, 2.05) is 0 Å². The van der Waals surface area contributed by atoms with Crippen LogP contribution in [0, 0.1) is 0 Å². The van der Waals surface area contributed by atoms with Crippen molar-refractivity contribution in [3.05, 3.63) is 0 Å². The molecule has 0 saturated carbocycles. The maximum absolute atomic E-state index is 11.9. The van der Waals surface area contributed by atoms with Gasteiger partial charge >= 0.3 is 5.97 Å². The first-order valence-electron chi connectivity index (χ1n) is 5.61. The molecule has 0 atom stereocenters. The summed E-state index contributed by atoms with van der Waals surface area (Å²) in [4.78, 5) is 23.6. The molecule has 0 saturated heterocycles. The van der Waals surface area contributed by atoms with E-state index >= 15 is 0 Å². The maximum atomic E-state index is 11.9. The molecule has 1 amide bonds. The molecule has 0 heterocycles. The molecule has 100 valence electrons. The molecular weight excluding hydrogens is 220 g/mol. The van der Waals surface area contributed by atoms with Crippen molar-refractivity contribution in [2.24, 2.45) is 5.73 Å². The summed E-state index contributed by atoms with van der Waals surface area (Å²) in [5, 5.41) is 2.58. The molecule has 0 aliphatic carbocycles.